The highest BCUT2D eigenvalue weighted by atomic mass is 16.6. The van der Waals surface area contributed by atoms with E-state index in [2.05, 4.69) is 10.3 Å². The fraction of sp³-hybridized carbons (Fsp3) is 0.474. The Morgan fingerprint density at radius 3 is 2.62 bits per heavy atom. The largest absolute Gasteiger partial charge is 0.481 e. The first kappa shape index (κ1) is 19.9. The Balaban J connectivity index is 2.49. The van der Waals surface area contributed by atoms with E-state index in [0.717, 1.165) is 10.9 Å². The van der Waals surface area contributed by atoms with Crippen LogP contribution >= 0.6 is 0 Å². The maximum absolute atomic E-state index is 13.0. The van der Waals surface area contributed by atoms with Gasteiger partial charge in [0.1, 0.15) is 5.60 Å². The number of aliphatic carboxylic acids is 1. The van der Waals surface area contributed by atoms with Crippen molar-refractivity contribution in [1.82, 2.24) is 10.3 Å². The molecule has 0 aliphatic carbocycles. The lowest BCUT2D eigenvalue weighted by Crippen LogP contribution is -2.44. The van der Waals surface area contributed by atoms with Gasteiger partial charge < -0.3 is 25.9 Å². The number of ether oxygens (including phenoxy) is 1. The number of hydrogen-bond acceptors (Lipinski definition) is 5. The molecule has 0 fully saturated rings. The van der Waals surface area contributed by atoms with Crippen molar-refractivity contribution in [2.24, 2.45) is 5.73 Å². The molecule has 26 heavy (non-hydrogen) atoms. The van der Waals surface area contributed by atoms with Crippen LogP contribution in [-0.2, 0) is 14.3 Å². The summed E-state index contributed by atoms with van der Waals surface area (Å²) in [5.74, 6) is -2.22. The van der Waals surface area contributed by atoms with E-state index in [1.807, 2.05) is 24.3 Å². The van der Waals surface area contributed by atoms with Gasteiger partial charge in [0.25, 0.3) is 0 Å². The molecule has 0 saturated carbocycles. The second kappa shape index (κ2) is 8.33. The number of nitrogens with one attached hydrogen (secondary N) is 2. The summed E-state index contributed by atoms with van der Waals surface area (Å²) in [7, 11) is 0. The standard InChI is InChI=1S/C19H27N3O4/c1-19(2,3)26-18(25)17(15(10-16(23)24)21-9-8-20)13-11-22-14-7-5-4-6-12(13)14/h4-7,11,15,17,21-22H,8-10,20H2,1-3H3,(H,23,24). The minimum absolute atomic E-state index is 0.219. The second-order valence-corrected chi connectivity index (χ2v) is 7.25. The number of aromatic amines is 1. The van der Waals surface area contributed by atoms with E-state index in [1.165, 1.54) is 0 Å². The molecule has 0 aliphatic heterocycles. The van der Waals surface area contributed by atoms with E-state index in [0.29, 0.717) is 18.7 Å². The zero-order chi connectivity index (χ0) is 19.3. The number of carbonyl (C=O) groups is 2. The first-order valence-corrected chi connectivity index (χ1v) is 8.67. The van der Waals surface area contributed by atoms with E-state index in [4.69, 9.17) is 10.5 Å². The predicted molar refractivity (Wildman–Crippen MR) is 100.0 cm³/mol. The van der Waals surface area contributed by atoms with E-state index in [-0.39, 0.29) is 6.42 Å². The summed E-state index contributed by atoms with van der Waals surface area (Å²) in [5.41, 5.74) is 6.48. The van der Waals surface area contributed by atoms with Crippen molar-refractivity contribution in [2.75, 3.05) is 13.1 Å². The number of hydrogen-bond donors (Lipinski definition) is 4. The Hall–Kier alpha value is -2.38. The number of carboxylic acids is 1. The Morgan fingerprint density at radius 1 is 1.31 bits per heavy atom. The van der Waals surface area contributed by atoms with Gasteiger partial charge in [-0.05, 0) is 32.4 Å². The molecule has 0 spiro atoms. The lowest BCUT2D eigenvalue weighted by atomic mass is 9.88. The molecule has 0 aliphatic rings. The quantitative estimate of drug-likeness (QED) is 0.534. The van der Waals surface area contributed by atoms with Crippen molar-refractivity contribution in [3.05, 3.63) is 36.0 Å². The van der Waals surface area contributed by atoms with Gasteiger partial charge in [-0.1, -0.05) is 18.2 Å². The Labute approximate surface area is 152 Å². The third-order valence-electron chi connectivity index (χ3n) is 3.96. The highest BCUT2D eigenvalue weighted by molar-refractivity contribution is 5.91. The van der Waals surface area contributed by atoms with Crippen molar-refractivity contribution in [3.63, 3.8) is 0 Å². The maximum atomic E-state index is 13.0. The number of benzene rings is 1. The number of nitrogens with two attached hydrogens (primary N) is 1. The van der Waals surface area contributed by atoms with E-state index >= 15 is 0 Å². The molecule has 1 aromatic carbocycles. The third-order valence-corrected chi connectivity index (χ3v) is 3.96. The van der Waals surface area contributed by atoms with Crippen molar-refractivity contribution in [3.8, 4) is 0 Å². The summed E-state index contributed by atoms with van der Waals surface area (Å²) >= 11 is 0. The topological polar surface area (TPSA) is 117 Å². The summed E-state index contributed by atoms with van der Waals surface area (Å²) in [5, 5.41) is 13.3. The molecule has 1 aromatic heterocycles. The molecule has 5 N–H and O–H groups in total. The average molecular weight is 361 g/mol. The number of esters is 1. The van der Waals surface area contributed by atoms with Crippen LogP contribution in [0.2, 0.25) is 0 Å². The fourth-order valence-corrected chi connectivity index (χ4v) is 2.99. The molecule has 0 radical (unpaired) electrons. The van der Waals surface area contributed by atoms with Crippen LogP contribution in [0.15, 0.2) is 30.5 Å². The van der Waals surface area contributed by atoms with Crippen LogP contribution in [-0.4, -0.2) is 46.8 Å². The molecule has 2 rings (SSSR count). The Kier molecular flexibility index (Phi) is 6.39. The minimum Gasteiger partial charge on any atom is -0.481 e. The van der Waals surface area contributed by atoms with Gasteiger partial charge in [0.05, 0.1) is 12.3 Å². The number of fused-ring (bicyclic) bond motifs is 1. The van der Waals surface area contributed by atoms with Crippen LogP contribution in [0, 0.1) is 0 Å². The number of rotatable bonds is 8. The Morgan fingerprint density at radius 2 is 2.00 bits per heavy atom. The summed E-state index contributed by atoms with van der Waals surface area (Å²) in [4.78, 5) is 27.5. The molecule has 7 nitrogen and oxygen atoms in total. The monoisotopic (exact) mass is 361 g/mol. The van der Waals surface area contributed by atoms with E-state index < -0.39 is 29.5 Å². The maximum Gasteiger partial charge on any atom is 0.315 e. The molecule has 2 aromatic rings. The zero-order valence-electron chi connectivity index (χ0n) is 15.4. The first-order chi connectivity index (χ1) is 12.2. The van der Waals surface area contributed by atoms with Crippen LogP contribution < -0.4 is 11.1 Å². The van der Waals surface area contributed by atoms with Crippen molar-refractivity contribution < 1.29 is 19.4 Å². The third kappa shape index (κ3) is 5.06. The lowest BCUT2D eigenvalue weighted by Gasteiger charge is -2.29. The summed E-state index contributed by atoms with van der Waals surface area (Å²) < 4.78 is 5.60. The highest BCUT2D eigenvalue weighted by Gasteiger charge is 2.36. The van der Waals surface area contributed by atoms with Crippen LogP contribution in [0.5, 0.6) is 0 Å². The molecule has 7 heteroatoms. The molecule has 2 atom stereocenters. The molecule has 1 heterocycles. The van der Waals surface area contributed by atoms with Gasteiger partial charge in [-0.3, -0.25) is 9.59 Å². The first-order valence-electron chi connectivity index (χ1n) is 8.67. The molecular formula is C19H27N3O4. The number of para-hydroxylation sites is 1. The molecule has 0 saturated heterocycles. The molecule has 0 bridgehead atoms. The van der Waals surface area contributed by atoms with Gasteiger partial charge in [-0.2, -0.15) is 0 Å². The smallest absolute Gasteiger partial charge is 0.315 e. The van der Waals surface area contributed by atoms with Crippen LogP contribution in [0.4, 0.5) is 0 Å². The molecule has 142 valence electrons. The van der Waals surface area contributed by atoms with Crippen LogP contribution in [0.25, 0.3) is 10.9 Å². The minimum atomic E-state index is -0.993. The summed E-state index contributed by atoms with van der Waals surface area (Å²) in [6.45, 7) is 6.11. The van der Waals surface area contributed by atoms with Gasteiger partial charge >= 0.3 is 11.9 Å². The lowest BCUT2D eigenvalue weighted by molar-refractivity contribution is -0.157. The van der Waals surface area contributed by atoms with Crippen molar-refractivity contribution >= 4 is 22.8 Å². The van der Waals surface area contributed by atoms with Gasteiger partial charge in [-0.25, -0.2) is 0 Å². The van der Waals surface area contributed by atoms with Gasteiger partial charge in [0, 0.05) is 36.2 Å². The normalized spacial score (nSPS) is 14.2. The fourth-order valence-electron chi connectivity index (χ4n) is 2.99. The van der Waals surface area contributed by atoms with Crippen molar-refractivity contribution in [1.29, 1.82) is 0 Å². The number of H-pyrrole nitrogens is 1. The van der Waals surface area contributed by atoms with E-state index in [1.54, 1.807) is 27.0 Å². The number of carbonyl (C=O) groups excluding carboxylic acids is 1. The highest BCUT2D eigenvalue weighted by Crippen LogP contribution is 2.31. The Bertz CT molecular complexity index is 763. The number of carboxylic acid groups (broad SMARTS) is 1. The van der Waals surface area contributed by atoms with Gasteiger partial charge in [-0.15, -0.1) is 0 Å². The average Bonchev–Trinajstić information content (AvgIpc) is 2.94. The molecular weight excluding hydrogens is 334 g/mol. The van der Waals surface area contributed by atoms with Crippen LogP contribution in [0.3, 0.4) is 0 Å². The van der Waals surface area contributed by atoms with Gasteiger partial charge in [0.15, 0.2) is 0 Å². The second-order valence-electron chi connectivity index (χ2n) is 7.25. The SMILES string of the molecule is CC(C)(C)OC(=O)C(c1c[nH]c2ccccc12)C(CC(=O)O)NCCN. The summed E-state index contributed by atoms with van der Waals surface area (Å²) in [6, 6.07) is 6.95. The summed E-state index contributed by atoms with van der Waals surface area (Å²) in [6.07, 6.45) is 1.53. The van der Waals surface area contributed by atoms with Crippen molar-refractivity contribution in [2.45, 2.75) is 44.8 Å². The molecule has 0 amide bonds. The zero-order valence-corrected chi connectivity index (χ0v) is 15.4. The number of aromatic nitrogens is 1. The van der Waals surface area contributed by atoms with E-state index in [9.17, 15) is 14.7 Å². The predicted octanol–water partition coefficient (Wildman–Crippen LogP) is 1.98. The van der Waals surface area contributed by atoms with Crippen LogP contribution in [0.1, 0.15) is 38.7 Å². The van der Waals surface area contributed by atoms with Gasteiger partial charge in [0.2, 0.25) is 0 Å². The molecule has 2 unspecified atom stereocenters.